The molecule has 0 saturated heterocycles. The molecule has 0 spiro atoms. The van der Waals surface area contributed by atoms with Gasteiger partial charge in [0.25, 0.3) is 0 Å². The van der Waals surface area contributed by atoms with Crippen LogP contribution in [0.5, 0.6) is 0 Å². The van der Waals surface area contributed by atoms with Gasteiger partial charge in [0, 0.05) is 31.5 Å². The molecule has 0 fully saturated rings. The highest BCUT2D eigenvalue weighted by Gasteiger charge is 2.28. The molecule has 1 aromatic rings. The van der Waals surface area contributed by atoms with Gasteiger partial charge in [-0.25, -0.2) is 4.79 Å². The molecule has 0 aromatic carbocycles. The van der Waals surface area contributed by atoms with Crippen LogP contribution in [-0.4, -0.2) is 40.7 Å². The highest BCUT2D eigenvalue weighted by Crippen LogP contribution is 2.25. The Morgan fingerprint density at radius 2 is 2.09 bits per heavy atom. The van der Waals surface area contributed by atoms with Crippen molar-refractivity contribution in [1.82, 2.24) is 14.8 Å². The average Bonchev–Trinajstić information content (AvgIpc) is 2.93. The van der Waals surface area contributed by atoms with Crippen molar-refractivity contribution in [3.05, 3.63) is 24.0 Å². The SMILES string of the molecule is CC(C)OC(=O)C(C)CNC(=O)N1CCn2cccc2C1C. The topological polar surface area (TPSA) is 63.6 Å². The fourth-order valence-corrected chi connectivity index (χ4v) is 2.63. The van der Waals surface area contributed by atoms with E-state index in [1.165, 1.54) is 0 Å². The van der Waals surface area contributed by atoms with Gasteiger partial charge in [0.1, 0.15) is 0 Å². The largest absolute Gasteiger partial charge is 0.463 e. The summed E-state index contributed by atoms with van der Waals surface area (Å²) >= 11 is 0. The summed E-state index contributed by atoms with van der Waals surface area (Å²) in [5.74, 6) is -0.633. The van der Waals surface area contributed by atoms with Gasteiger partial charge in [-0.3, -0.25) is 4.79 Å². The van der Waals surface area contributed by atoms with Crippen LogP contribution in [0.25, 0.3) is 0 Å². The highest BCUT2D eigenvalue weighted by atomic mass is 16.5. The molecule has 1 aromatic heterocycles. The maximum Gasteiger partial charge on any atom is 0.318 e. The molecule has 1 aliphatic rings. The lowest BCUT2D eigenvalue weighted by Gasteiger charge is -2.35. The molecule has 0 saturated carbocycles. The third-order valence-electron chi connectivity index (χ3n) is 3.92. The first-order chi connectivity index (χ1) is 10.4. The van der Waals surface area contributed by atoms with E-state index in [1.807, 2.05) is 39.1 Å². The van der Waals surface area contributed by atoms with Gasteiger partial charge in [-0.15, -0.1) is 0 Å². The molecule has 0 aliphatic carbocycles. The quantitative estimate of drug-likeness (QED) is 0.867. The second-order valence-electron chi connectivity index (χ2n) is 6.07. The fraction of sp³-hybridized carbons (Fsp3) is 0.625. The number of rotatable bonds is 4. The minimum atomic E-state index is -0.352. The van der Waals surface area contributed by atoms with Crippen LogP contribution in [0.4, 0.5) is 4.79 Å². The Morgan fingerprint density at radius 1 is 1.36 bits per heavy atom. The zero-order chi connectivity index (χ0) is 16.3. The van der Waals surface area contributed by atoms with Crippen LogP contribution in [0.1, 0.15) is 39.4 Å². The minimum absolute atomic E-state index is 0.0293. The molecule has 1 aliphatic heterocycles. The standard InChI is InChI=1S/C16H25N3O3/c1-11(2)22-15(20)12(3)10-17-16(21)19-9-8-18-7-5-6-14(18)13(19)4/h5-7,11-13H,8-10H2,1-4H3,(H,17,21). The van der Waals surface area contributed by atoms with Crippen molar-refractivity contribution >= 4 is 12.0 Å². The molecule has 2 amide bonds. The molecule has 6 nitrogen and oxygen atoms in total. The van der Waals surface area contributed by atoms with Crippen molar-refractivity contribution in [3.8, 4) is 0 Å². The summed E-state index contributed by atoms with van der Waals surface area (Å²) in [4.78, 5) is 25.9. The maximum absolute atomic E-state index is 12.3. The third-order valence-corrected chi connectivity index (χ3v) is 3.92. The zero-order valence-electron chi connectivity index (χ0n) is 13.7. The molecule has 122 valence electrons. The van der Waals surface area contributed by atoms with E-state index in [9.17, 15) is 9.59 Å². The maximum atomic E-state index is 12.3. The van der Waals surface area contributed by atoms with Gasteiger partial charge in [-0.2, -0.15) is 0 Å². The van der Waals surface area contributed by atoms with Gasteiger partial charge >= 0.3 is 12.0 Å². The third kappa shape index (κ3) is 3.61. The molecule has 2 heterocycles. The van der Waals surface area contributed by atoms with Gasteiger partial charge in [0.05, 0.1) is 18.1 Å². The molecular formula is C16H25N3O3. The van der Waals surface area contributed by atoms with Gasteiger partial charge in [0.2, 0.25) is 0 Å². The van der Waals surface area contributed by atoms with E-state index in [0.717, 1.165) is 12.2 Å². The second-order valence-corrected chi connectivity index (χ2v) is 6.07. The average molecular weight is 307 g/mol. The van der Waals surface area contributed by atoms with Gasteiger partial charge in [0.15, 0.2) is 0 Å². The molecule has 22 heavy (non-hydrogen) atoms. The smallest absolute Gasteiger partial charge is 0.318 e. The summed E-state index contributed by atoms with van der Waals surface area (Å²) < 4.78 is 7.30. The zero-order valence-corrected chi connectivity index (χ0v) is 13.7. The summed E-state index contributed by atoms with van der Waals surface area (Å²) in [5.41, 5.74) is 1.13. The van der Waals surface area contributed by atoms with Crippen molar-refractivity contribution in [2.75, 3.05) is 13.1 Å². The molecule has 2 unspecified atom stereocenters. The van der Waals surface area contributed by atoms with Crippen LogP contribution >= 0.6 is 0 Å². The number of nitrogens with one attached hydrogen (secondary N) is 1. The number of hydrogen-bond acceptors (Lipinski definition) is 3. The predicted molar refractivity (Wildman–Crippen MR) is 83.3 cm³/mol. The first-order valence-electron chi connectivity index (χ1n) is 7.80. The van der Waals surface area contributed by atoms with Crippen molar-refractivity contribution in [2.24, 2.45) is 5.92 Å². The van der Waals surface area contributed by atoms with Gasteiger partial charge < -0.3 is 19.5 Å². The second kappa shape index (κ2) is 6.85. The van der Waals surface area contributed by atoms with Crippen LogP contribution in [0.3, 0.4) is 0 Å². The monoisotopic (exact) mass is 307 g/mol. The normalized spacial score (nSPS) is 18.8. The number of carbonyl (C=O) groups excluding carboxylic acids is 2. The summed E-state index contributed by atoms with van der Waals surface area (Å²) in [7, 11) is 0. The van der Waals surface area contributed by atoms with Crippen LogP contribution in [0.2, 0.25) is 0 Å². The van der Waals surface area contributed by atoms with E-state index in [2.05, 4.69) is 9.88 Å². The number of nitrogens with zero attached hydrogens (tertiary/aromatic N) is 2. The van der Waals surface area contributed by atoms with E-state index in [-0.39, 0.29) is 36.6 Å². The van der Waals surface area contributed by atoms with Crippen molar-refractivity contribution in [1.29, 1.82) is 0 Å². The van der Waals surface area contributed by atoms with Crippen LogP contribution in [-0.2, 0) is 16.1 Å². The van der Waals surface area contributed by atoms with Crippen LogP contribution < -0.4 is 5.32 Å². The summed E-state index contributed by atoms with van der Waals surface area (Å²) in [6, 6.07) is 3.93. The minimum Gasteiger partial charge on any atom is -0.463 e. The number of fused-ring (bicyclic) bond motifs is 1. The lowest BCUT2D eigenvalue weighted by molar-refractivity contribution is -0.151. The molecule has 0 bridgehead atoms. The Balaban J connectivity index is 1.87. The van der Waals surface area contributed by atoms with Gasteiger partial charge in [-0.05, 0) is 32.9 Å². The number of amides is 2. The lowest BCUT2D eigenvalue weighted by Crippen LogP contribution is -2.47. The number of esters is 1. The Bertz CT molecular complexity index is 538. The Labute approximate surface area is 131 Å². The Hall–Kier alpha value is -1.98. The number of carbonyl (C=O) groups is 2. The van der Waals surface area contributed by atoms with Crippen LogP contribution in [0, 0.1) is 5.92 Å². The molecule has 2 atom stereocenters. The number of aromatic nitrogens is 1. The predicted octanol–water partition coefficient (Wildman–Crippen LogP) is 2.16. The van der Waals surface area contributed by atoms with E-state index in [0.29, 0.717) is 6.54 Å². The summed E-state index contributed by atoms with van der Waals surface area (Å²) in [5, 5.41) is 2.84. The lowest BCUT2D eigenvalue weighted by atomic mass is 10.1. The van der Waals surface area contributed by atoms with E-state index < -0.39 is 0 Å². The molecule has 2 rings (SSSR count). The van der Waals surface area contributed by atoms with Crippen LogP contribution in [0.15, 0.2) is 18.3 Å². The summed E-state index contributed by atoms with van der Waals surface area (Å²) in [6.07, 6.45) is 1.89. The number of ether oxygens (including phenoxy) is 1. The van der Waals surface area contributed by atoms with Crippen molar-refractivity contribution in [2.45, 2.75) is 46.4 Å². The highest BCUT2D eigenvalue weighted by molar-refractivity contribution is 5.77. The Morgan fingerprint density at radius 3 is 2.77 bits per heavy atom. The Kier molecular flexibility index (Phi) is 5.11. The first kappa shape index (κ1) is 16.4. The van der Waals surface area contributed by atoms with E-state index >= 15 is 0 Å². The van der Waals surface area contributed by atoms with E-state index in [1.54, 1.807) is 11.8 Å². The number of urea groups is 1. The van der Waals surface area contributed by atoms with Crippen molar-refractivity contribution in [3.63, 3.8) is 0 Å². The van der Waals surface area contributed by atoms with Gasteiger partial charge in [-0.1, -0.05) is 6.92 Å². The number of hydrogen-bond donors (Lipinski definition) is 1. The molecular weight excluding hydrogens is 282 g/mol. The summed E-state index contributed by atoms with van der Waals surface area (Å²) in [6.45, 7) is 9.15. The molecule has 1 N–H and O–H groups in total. The van der Waals surface area contributed by atoms with Crippen molar-refractivity contribution < 1.29 is 14.3 Å². The first-order valence-corrected chi connectivity index (χ1v) is 7.80. The van der Waals surface area contributed by atoms with E-state index in [4.69, 9.17) is 4.74 Å². The fourth-order valence-electron chi connectivity index (χ4n) is 2.63. The molecule has 6 heteroatoms. The molecule has 0 radical (unpaired) electrons.